The number of aliphatic hydroxyl groups is 1. The van der Waals surface area contributed by atoms with Crippen molar-refractivity contribution in [2.45, 2.75) is 51.2 Å². The van der Waals surface area contributed by atoms with Crippen LogP contribution in [-0.4, -0.2) is 32.0 Å². The summed E-state index contributed by atoms with van der Waals surface area (Å²) in [6.07, 6.45) is 0.580. The third-order valence-electron chi connectivity index (χ3n) is 3.82. The Kier molecular flexibility index (Phi) is 4.54. The van der Waals surface area contributed by atoms with Crippen molar-refractivity contribution in [3.63, 3.8) is 0 Å². The number of hydrogen-bond donors (Lipinski definition) is 2. The monoisotopic (exact) mass is 340 g/mol. The summed E-state index contributed by atoms with van der Waals surface area (Å²) in [5, 5.41) is 15.2. The van der Waals surface area contributed by atoms with Crippen LogP contribution in [0.1, 0.15) is 37.1 Å². The number of hydrogen-bond acceptors (Lipinski definition) is 6. The van der Waals surface area contributed by atoms with Gasteiger partial charge in [-0.3, -0.25) is 0 Å². The molecule has 1 aliphatic carbocycles. The lowest BCUT2D eigenvalue weighted by Gasteiger charge is -2.29. The molecule has 8 heteroatoms. The van der Waals surface area contributed by atoms with Crippen LogP contribution in [0.25, 0.3) is 10.8 Å². The fraction of sp³-hybridized carbons (Fsp3) is 0.533. The molecule has 0 bridgehead atoms. The second-order valence-electron chi connectivity index (χ2n) is 5.79. The molecule has 0 radical (unpaired) electrons. The number of halogens is 2. The third-order valence-corrected chi connectivity index (χ3v) is 4.78. The van der Waals surface area contributed by atoms with Gasteiger partial charge in [-0.15, -0.1) is 11.3 Å². The highest BCUT2D eigenvalue weighted by Gasteiger charge is 2.35. The number of anilines is 1. The van der Waals surface area contributed by atoms with Gasteiger partial charge >= 0.3 is 0 Å². The van der Waals surface area contributed by atoms with E-state index in [1.807, 2.05) is 12.3 Å². The minimum atomic E-state index is -2.55. The molecular formula is C15H18F2N4OS. The summed E-state index contributed by atoms with van der Waals surface area (Å²) in [5.41, 5.74) is 1.36. The zero-order valence-electron chi connectivity index (χ0n) is 12.7. The maximum absolute atomic E-state index is 13.2. The van der Waals surface area contributed by atoms with Crippen molar-refractivity contribution in [2.75, 3.05) is 5.32 Å². The minimum Gasteiger partial charge on any atom is -0.390 e. The Labute approximate surface area is 136 Å². The van der Waals surface area contributed by atoms with Crippen molar-refractivity contribution < 1.29 is 13.9 Å². The molecule has 2 aromatic heterocycles. The van der Waals surface area contributed by atoms with Gasteiger partial charge in [0.2, 0.25) is 5.92 Å². The summed E-state index contributed by atoms with van der Waals surface area (Å²) in [7, 11) is 0. The zero-order valence-corrected chi connectivity index (χ0v) is 13.5. The second-order valence-corrected chi connectivity index (χ2v) is 6.65. The van der Waals surface area contributed by atoms with Crippen LogP contribution in [0.3, 0.4) is 0 Å². The van der Waals surface area contributed by atoms with Crippen molar-refractivity contribution >= 4 is 17.2 Å². The summed E-state index contributed by atoms with van der Waals surface area (Å²) in [6, 6.07) is 1.61. The van der Waals surface area contributed by atoms with E-state index in [1.165, 1.54) is 11.3 Å². The number of aliphatic hydroxyl groups excluding tert-OH is 1. The molecular weight excluding hydrogens is 322 g/mol. The van der Waals surface area contributed by atoms with E-state index < -0.39 is 5.92 Å². The van der Waals surface area contributed by atoms with E-state index in [-0.39, 0.29) is 25.5 Å². The van der Waals surface area contributed by atoms with Crippen molar-refractivity contribution in [2.24, 2.45) is 0 Å². The van der Waals surface area contributed by atoms with Crippen LogP contribution in [0.15, 0.2) is 11.4 Å². The highest BCUT2D eigenvalue weighted by atomic mass is 32.1. The molecule has 3 rings (SSSR count). The summed E-state index contributed by atoms with van der Waals surface area (Å²) < 4.78 is 26.5. The smallest absolute Gasteiger partial charge is 0.248 e. The second kappa shape index (κ2) is 6.45. The number of thiazole rings is 1. The average molecular weight is 340 g/mol. The maximum atomic E-state index is 13.2. The highest BCUT2D eigenvalue weighted by molar-refractivity contribution is 7.13. The fourth-order valence-corrected chi connectivity index (χ4v) is 3.33. The third kappa shape index (κ3) is 4.00. The minimum absolute atomic E-state index is 0.0399. The van der Waals surface area contributed by atoms with E-state index in [2.05, 4.69) is 20.3 Å². The van der Waals surface area contributed by atoms with E-state index in [0.717, 1.165) is 5.69 Å². The van der Waals surface area contributed by atoms with Gasteiger partial charge in [-0.25, -0.2) is 23.7 Å². The molecule has 0 spiro atoms. The summed E-state index contributed by atoms with van der Waals surface area (Å²) >= 11 is 1.43. The molecule has 124 valence electrons. The molecule has 0 saturated heterocycles. The van der Waals surface area contributed by atoms with Gasteiger partial charge in [-0.2, -0.15) is 0 Å². The SMILES string of the molecule is Cc1csc(-c2nc(CO)cc(NC3CCC(F)(F)CC3)n2)n1. The zero-order chi connectivity index (χ0) is 16.4. The summed E-state index contributed by atoms with van der Waals surface area (Å²) in [5.74, 6) is -1.57. The van der Waals surface area contributed by atoms with Gasteiger partial charge in [-0.05, 0) is 19.8 Å². The molecule has 2 aromatic rings. The number of aromatic nitrogens is 3. The van der Waals surface area contributed by atoms with Crippen LogP contribution in [0.4, 0.5) is 14.6 Å². The first-order valence-electron chi connectivity index (χ1n) is 7.51. The van der Waals surface area contributed by atoms with Crippen LogP contribution in [0.2, 0.25) is 0 Å². The first-order valence-corrected chi connectivity index (χ1v) is 8.39. The van der Waals surface area contributed by atoms with E-state index in [1.54, 1.807) is 6.07 Å². The summed E-state index contributed by atoms with van der Waals surface area (Å²) in [4.78, 5) is 13.0. The number of nitrogens with zero attached hydrogens (tertiary/aromatic N) is 3. The first kappa shape index (κ1) is 16.2. The molecule has 0 unspecified atom stereocenters. The van der Waals surface area contributed by atoms with Crippen molar-refractivity contribution in [1.29, 1.82) is 0 Å². The van der Waals surface area contributed by atoms with Crippen LogP contribution < -0.4 is 5.32 Å². The Hall–Kier alpha value is -1.67. The molecule has 2 N–H and O–H groups in total. The Morgan fingerprint density at radius 1 is 1.30 bits per heavy atom. The molecule has 1 aliphatic rings. The Morgan fingerprint density at radius 2 is 2.04 bits per heavy atom. The predicted molar refractivity (Wildman–Crippen MR) is 84.6 cm³/mol. The van der Waals surface area contributed by atoms with Gasteiger partial charge in [0.05, 0.1) is 12.3 Å². The molecule has 0 atom stereocenters. The maximum Gasteiger partial charge on any atom is 0.248 e. The van der Waals surface area contributed by atoms with Gasteiger partial charge in [0.15, 0.2) is 10.8 Å². The van der Waals surface area contributed by atoms with E-state index in [9.17, 15) is 13.9 Å². The molecule has 0 aliphatic heterocycles. The van der Waals surface area contributed by atoms with Crippen LogP contribution >= 0.6 is 11.3 Å². The normalized spacial score (nSPS) is 18.1. The number of aryl methyl sites for hydroxylation is 1. The molecule has 1 fully saturated rings. The van der Waals surface area contributed by atoms with E-state index in [4.69, 9.17) is 0 Å². The molecule has 0 aromatic carbocycles. The molecule has 5 nitrogen and oxygen atoms in total. The van der Waals surface area contributed by atoms with E-state index >= 15 is 0 Å². The van der Waals surface area contributed by atoms with Gasteiger partial charge in [0.25, 0.3) is 0 Å². The van der Waals surface area contributed by atoms with Crippen molar-refractivity contribution in [3.8, 4) is 10.8 Å². The van der Waals surface area contributed by atoms with E-state index in [0.29, 0.717) is 35.2 Å². The molecule has 0 amide bonds. The fourth-order valence-electron chi connectivity index (χ4n) is 2.60. The van der Waals surface area contributed by atoms with Crippen LogP contribution in [0.5, 0.6) is 0 Å². The molecule has 2 heterocycles. The Balaban J connectivity index is 1.79. The van der Waals surface area contributed by atoms with Crippen molar-refractivity contribution in [1.82, 2.24) is 15.0 Å². The van der Waals surface area contributed by atoms with Gasteiger partial charge in [0, 0.05) is 36.0 Å². The quantitative estimate of drug-likeness (QED) is 0.893. The first-order chi connectivity index (χ1) is 10.9. The molecule has 1 saturated carbocycles. The lowest BCUT2D eigenvalue weighted by atomic mass is 9.92. The summed E-state index contributed by atoms with van der Waals surface area (Å²) in [6.45, 7) is 1.68. The highest BCUT2D eigenvalue weighted by Crippen LogP contribution is 2.34. The molecule has 23 heavy (non-hydrogen) atoms. The standard InChI is InChI=1S/C15H18F2N4OS/c1-9-8-23-14(18-9)13-20-11(7-22)6-12(21-13)19-10-2-4-15(16,17)5-3-10/h6,8,10,22H,2-5,7H2,1H3,(H,19,20,21). The Bertz CT molecular complexity index is 682. The Morgan fingerprint density at radius 3 is 2.65 bits per heavy atom. The number of alkyl halides is 2. The number of rotatable bonds is 4. The topological polar surface area (TPSA) is 70.9 Å². The van der Waals surface area contributed by atoms with Gasteiger partial charge in [0.1, 0.15) is 5.82 Å². The van der Waals surface area contributed by atoms with Gasteiger partial charge < -0.3 is 10.4 Å². The van der Waals surface area contributed by atoms with Crippen molar-refractivity contribution in [3.05, 3.63) is 22.8 Å². The van der Waals surface area contributed by atoms with Crippen LogP contribution in [-0.2, 0) is 6.61 Å². The average Bonchev–Trinajstić information content (AvgIpc) is 2.96. The largest absolute Gasteiger partial charge is 0.390 e. The lowest BCUT2D eigenvalue weighted by molar-refractivity contribution is -0.0361. The lowest BCUT2D eigenvalue weighted by Crippen LogP contribution is -2.32. The predicted octanol–water partition coefficient (Wildman–Crippen LogP) is 3.39. The van der Waals surface area contributed by atoms with Crippen LogP contribution in [0, 0.1) is 6.92 Å². The number of nitrogens with one attached hydrogen (secondary N) is 1. The van der Waals surface area contributed by atoms with Gasteiger partial charge in [-0.1, -0.05) is 0 Å².